The van der Waals surface area contributed by atoms with Gasteiger partial charge in [0.2, 0.25) is 5.95 Å². The molecule has 0 bridgehead atoms. The molecule has 1 aromatic carbocycles. The number of halogens is 1. The molecular weight excluding hydrogens is 434 g/mol. The van der Waals surface area contributed by atoms with Crippen LogP contribution >= 0.6 is 25.1 Å². The van der Waals surface area contributed by atoms with Gasteiger partial charge in [-0.15, -0.1) is 0 Å². The maximum atomic E-state index is 13.4. The largest absolute Gasteiger partial charge is 0.368 e. The summed E-state index contributed by atoms with van der Waals surface area (Å²) in [4.78, 5) is 23.6. The van der Waals surface area contributed by atoms with Gasteiger partial charge < -0.3 is 15.0 Å². The van der Waals surface area contributed by atoms with Crippen molar-refractivity contribution in [1.29, 1.82) is 5.26 Å². The molecule has 0 unspecified atom stereocenters. The van der Waals surface area contributed by atoms with E-state index in [0.29, 0.717) is 28.5 Å². The number of hydrogen-bond acceptors (Lipinski definition) is 6. The van der Waals surface area contributed by atoms with Crippen LogP contribution in [-0.2, 0) is 0 Å². The molecule has 0 saturated carbocycles. The lowest BCUT2D eigenvalue weighted by Gasteiger charge is -2.43. The van der Waals surface area contributed by atoms with E-state index < -0.39 is 0 Å². The fraction of sp³-hybridized carbons (Fsp3) is 0.143. The zero-order valence-electron chi connectivity index (χ0n) is 16.2. The topological polar surface area (TPSA) is 105 Å². The number of para-hydroxylation sites is 1. The number of rotatable bonds is 3. The van der Waals surface area contributed by atoms with Crippen LogP contribution in [0.1, 0.15) is 23.7 Å². The third-order valence-corrected chi connectivity index (χ3v) is 5.66. The van der Waals surface area contributed by atoms with Crippen LogP contribution in [0.25, 0.3) is 11.2 Å². The number of nitrogens with zero attached hydrogens (tertiary/aromatic N) is 6. The molecule has 1 saturated heterocycles. The van der Waals surface area contributed by atoms with Crippen molar-refractivity contribution in [2.24, 2.45) is 0 Å². The van der Waals surface area contributed by atoms with E-state index in [1.807, 2.05) is 41.4 Å². The molecule has 4 heterocycles. The lowest BCUT2D eigenvalue weighted by Crippen LogP contribution is -2.44. The SMILES string of the molecule is N#Cc1cnc(N)nc1N1CC[C@H]1c1cn2ccc(Cl)c2c(=O)n1-c1ccccc1.S. The summed E-state index contributed by atoms with van der Waals surface area (Å²) in [7, 11) is 0. The summed E-state index contributed by atoms with van der Waals surface area (Å²) in [6.07, 6.45) is 5.89. The number of benzene rings is 1. The molecule has 5 rings (SSSR count). The summed E-state index contributed by atoms with van der Waals surface area (Å²) in [5.41, 5.74) is 7.84. The van der Waals surface area contributed by atoms with Crippen molar-refractivity contribution in [3.8, 4) is 11.8 Å². The maximum Gasteiger partial charge on any atom is 0.281 e. The second-order valence-corrected chi connectivity index (χ2v) is 7.43. The van der Waals surface area contributed by atoms with Crippen LogP contribution in [0, 0.1) is 11.3 Å². The number of nitrogens with two attached hydrogens (primary N) is 1. The number of nitriles is 1. The number of fused-ring (bicyclic) bond motifs is 1. The molecule has 156 valence electrons. The van der Waals surface area contributed by atoms with E-state index >= 15 is 0 Å². The van der Waals surface area contributed by atoms with Crippen molar-refractivity contribution in [2.75, 3.05) is 17.2 Å². The summed E-state index contributed by atoms with van der Waals surface area (Å²) >= 11 is 6.29. The lowest BCUT2D eigenvalue weighted by molar-refractivity contribution is 0.440. The van der Waals surface area contributed by atoms with E-state index in [4.69, 9.17) is 17.3 Å². The third kappa shape index (κ3) is 3.30. The third-order valence-electron chi connectivity index (χ3n) is 5.36. The smallest absolute Gasteiger partial charge is 0.281 e. The van der Waals surface area contributed by atoms with Crippen LogP contribution in [0.3, 0.4) is 0 Å². The summed E-state index contributed by atoms with van der Waals surface area (Å²) < 4.78 is 3.42. The Morgan fingerprint density at radius 1 is 1.23 bits per heavy atom. The first-order valence-electron chi connectivity index (χ1n) is 9.35. The standard InChI is InChI=1S/C21H16ClN7O.H2S/c22-15-6-8-27-12-17(29(20(30)18(15)27)14-4-2-1-3-5-14)16-7-9-28(16)19-13(10-23)11-25-21(24)26-19;/h1-6,8,11-12,16H,7,9H2,(H2,24,25,26);1H2/t16-;/m0./s1. The van der Waals surface area contributed by atoms with Crippen molar-refractivity contribution in [3.05, 3.63) is 81.6 Å². The average Bonchev–Trinajstić information content (AvgIpc) is 3.09. The van der Waals surface area contributed by atoms with Gasteiger partial charge in [-0.2, -0.15) is 23.7 Å². The summed E-state index contributed by atoms with van der Waals surface area (Å²) in [6, 6.07) is 13.1. The monoisotopic (exact) mass is 451 g/mol. The van der Waals surface area contributed by atoms with Crippen molar-refractivity contribution in [2.45, 2.75) is 12.5 Å². The Balaban J connectivity index is 0.00000231. The molecule has 0 amide bonds. The van der Waals surface area contributed by atoms with E-state index in [1.165, 1.54) is 6.20 Å². The highest BCUT2D eigenvalue weighted by atomic mass is 35.5. The van der Waals surface area contributed by atoms with Crippen molar-refractivity contribution in [1.82, 2.24) is 18.9 Å². The number of anilines is 2. The van der Waals surface area contributed by atoms with Crippen LogP contribution in [0.15, 0.2) is 59.8 Å². The zero-order valence-corrected chi connectivity index (χ0v) is 18.0. The first-order chi connectivity index (χ1) is 14.6. The number of nitrogen functional groups attached to an aromatic ring is 1. The van der Waals surface area contributed by atoms with Crippen LogP contribution in [-0.4, -0.2) is 25.5 Å². The summed E-state index contributed by atoms with van der Waals surface area (Å²) in [6.45, 7) is 0.684. The lowest BCUT2D eigenvalue weighted by atomic mass is 9.98. The van der Waals surface area contributed by atoms with Crippen LogP contribution in [0.2, 0.25) is 5.02 Å². The average molecular weight is 452 g/mol. The molecular formula is C21H18ClN7OS. The molecule has 1 aliphatic rings. The highest BCUT2D eigenvalue weighted by Crippen LogP contribution is 2.38. The molecule has 3 aromatic heterocycles. The minimum absolute atomic E-state index is 0. The molecule has 0 radical (unpaired) electrons. The Morgan fingerprint density at radius 3 is 2.68 bits per heavy atom. The van der Waals surface area contributed by atoms with Gasteiger partial charge in [0.05, 0.1) is 23.0 Å². The molecule has 10 heteroatoms. The van der Waals surface area contributed by atoms with Crippen LogP contribution < -0.4 is 16.2 Å². The fourth-order valence-corrected chi connectivity index (χ4v) is 4.11. The molecule has 31 heavy (non-hydrogen) atoms. The molecule has 4 aromatic rings. The number of hydrogen-bond donors (Lipinski definition) is 1. The van der Waals surface area contributed by atoms with Gasteiger partial charge in [0.1, 0.15) is 17.1 Å². The fourth-order valence-electron chi connectivity index (χ4n) is 3.88. The van der Waals surface area contributed by atoms with Crippen molar-refractivity contribution < 1.29 is 0 Å². The van der Waals surface area contributed by atoms with E-state index in [0.717, 1.165) is 17.8 Å². The first-order valence-corrected chi connectivity index (χ1v) is 9.73. The maximum absolute atomic E-state index is 13.4. The van der Waals surface area contributed by atoms with Gasteiger partial charge in [-0.05, 0) is 24.6 Å². The summed E-state index contributed by atoms with van der Waals surface area (Å²) in [5.74, 6) is 0.571. The molecule has 0 spiro atoms. The van der Waals surface area contributed by atoms with Crippen molar-refractivity contribution in [3.63, 3.8) is 0 Å². The van der Waals surface area contributed by atoms with E-state index in [9.17, 15) is 10.1 Å². The second kappa shape index (κ2) is 7.98. The number of aromatic nitrogens is 4. The quantitative estimate of drug-likeness (QED) is 0.513. The highest BCUT2D eigenvalue weighted by Gasteiger charge is 2.35. The minimum Gasteiger partial charge on any atom is -0.368 e. The van der Waals surface area contributed by atoms with Gasteiger partial charge in [-0.25, -0.2) is 4.98 Å². The molecule has 2 N–H and O–H groups in total. The molecule has 1 aliphatic heterocycles. The first kappa shape index (κ1) is 20.8. The Morgan fingerprint density at radius 2 is 2.00 bits per heavy atom. The predicted molar refractivity (Wildman–Crippen MR) is 124 cm³/mol. The van der Waals surface area contributed by atoms with Gasteiger partial charge in [-0.3, -0.25) is 9.36 Å². The van der Waals surface area contributed by atoms with Crippen LogP contribution in [0.5, 0.6) is 0 Å². The Labute approximate surface area is 189 Å². The van der Waals surface area contributed by atoms with Gasteiger partial charge in [0.25, 0.3) is 5.56 Å². The Hall–Kier alpha value is -3.48. The normalized spacial score (nSPS) is 15.2. The van der Waals surface area contributed by atoms with E-state index in [1.54, 1.807) is 21.2 Å². The van der Waals surface area contributed by atoms with Crippen molar-refractivity contribution >= 4 is 42.4 Å². The zero-order chi connectivity index (χ0) is 20.8. The Bertz CT molecular complexity index is 1380. The summed E-state index contributed by atoms with van der Waals surface area (Å²) in [5, 5.41) is 9.88. The Kier molecular flexibility index (Phi) is 5.35. The van der Waals surface area contributed by atoms with Gasteiger partial charge in [-0.1, -0.05) is 29.8 Å². The highest BCUT2D eigenvalue weighted by molar-refractivity contribution is 7.59. The second-order valence-electron chi connectivity index (χ2n) is 7.02. The van der Waals surface area contributed by atoms with Gasteiger partial charge in [0, 0.05) is 24.6 Å². The predicted octanol–water partition coefficient (Wildman–Crippen LogP) is 3.05. The minimum atomic E-state index is -0.205. The molecule has 8 nitrogen and oxygen atoms in total. The molecule has 1 atom stereocenters. The van der Waals surface area contributed by atoms with E-state index in [2.05, 4.69) is 16.0 Å². The van der Waals surface area contributed by atoms with Crippen LogP contribution in [0.4, 0.5) is 11.8 Å². The van der Waals surface area contributed by atoms with E-state index in [-0.39, 0.29) is 31.0 Å². The van der Waals surface area contributed by atoms with Gasteiger partial charge >= 0.3 is 0 Å². The molecule has 1 fully saturated rings. The molecule has 0 aliphatic carbocycles. The van der Waals surface area contributed by atoms with Gasteiger partial charge in [0.15, 0.2) is 5.82 Å².